The molecule has 0 bridgehead atoms. The average molecular weight is 386 g/mol. The first-order chi connectivity index (χ1) is 14.0. The zero-order valence-electron chi connectivity index (χ0n) is 16.0. The molecule has 0 fully saturated rings. The summed E-state index contributed by atoms with van der Waals surface area (Å²) >= 11 is 0. The number of methoxy groups -OCH3 is 1. The molecule has 5 nitrogen and oxygen atoms in total. The zero-order valence-corrected chi connectivity index (χ0v) is 16.0. The number of hydrogen-bond donors (Lipinski definition) is 0. The van der Waals surface area contributed by atoms with E-state index in [0.29, 0.717) is 28.4 Å². The third-order valence-corrected chi connectivity index (χ3v) is 4.55. The van der Waals surface area contributed by atoms with E-state index in [4.69, 9.17) is 14.2 Å². The Morgan fingerprint density at radius 3 is 2.31 bits per heavy atom. The van der Waals surface area contributed by atoms with E-state index in [9.17, 15) is 9.59 Å². The number of Topliss-reactive ketones (excluding diaryl/α,β-unsaturated/α-hetero) is 1. The van der Waals surface area contributed by atoms with Crippen molar-refractivity contribution in [2.75, 3.05) is 7.11 Å². The van der Waals surface area contributed by atoms with E-state index >= 15 is 0 Å². The molecule has 0 atom stereocenters. The van der Waals surface area contributed by atoms with Crippen LogP contribution >= 0.6 is 0 Å². The van der Waals surface area contributed by atoms with Gasteiger partial charge < -0.3 is 14.2 Å². The number of hydrogen-bond acceptors (Lipinski definition) is 5. The average Bonchev–Trinajstić information content (AvgIpc) is 3.04. The molecule has 0 spiro atoms. The second kappa shape index (κ2) is 7.64. The summed E-state index contributed by atoms with van der Waals surface area (Å²) in [6.45, 7) is 2.00. The molecule has 0 N–H and O–H groups in total. The van der Waals surface area contributed by atoms with Crippen LogP contribution in [0.15, 0.2) is 72.5 Å². The van der Waals surface area contributed by atoms with Crippen LogP contribution in [0.1, 0.15) is 31.8 Å². The largest absolute Gasteiger partial charge is 0.497 e. The Morgan fingerprint density at radius 2 is 1.62 bits per heavy atom. The molecule has 0 saturated heterocycles. The minimum absolute atomic E-state index is 0.200. The van der Waals surface area contributed by atoms with Gasteiger partial charge in [-0.1, -0.05) is 29.8 Å². The first-order valence-corrected chi connectivity index (χ1v) is 9.05. The molecule has 4 rings (SSSR count). The maximum atomic E-state index is 12.6. The van der Waals surface area contributed by atoms with E-state index < -0.39 is 5.97 Å². The van der Waals surface area contributed by atoms with Gasteiger partial charge in [-0.25, -0.2) is 4.79 Å². The molecular weight excluding hydrogens is 368 g/mol. The van der Waals surface area contributed by atoms with E-state index in [2.05, 4.69) is 0 Å². The molecule has 0 aliphatic carbocycles. The lowest BCUT2D eigenvalue weighted by molar-refractivity contribution is 0.0734. The Bertz CT molecular complexity index is 1110. The van der Waals surface area contributed by atoms with Crippen molar-refractivity contribution < 1.29 is 23.8 Å². The summed E-state index contributed by atoms with van der Waals surface area (Å²) in [5.74, 6) is 0.852. The number of ether oxygens (including phenoxy) is 3. The number of benzene rings is 3. The predicted octanol–water partition coefficient (Wildman–Crippen LogP) is 4.84. The Kier molecular flexibility index (Phi) is 4.87. The standard InChI is InChI=1S/C24H18O5/c1-15-3-5-16(6-4-15)13-22-23(25)20-12-11-19(14-21(20)29-22)28-24(26)17-7-9-18(27-2)10-8-17/h3-14H,1-2H3/b22-13-. The van der Waals surface area contributed by atoms with Crippen molar-refractivity contribution in [3.63, 3.8) is 0 Å². The molecule has 5 heteroatoms. The van der Waals surface area contributed by atoms with Crippen molar-refractivity contribution >= 4 is 17.8 Å². The molecule has 1 heterocycles. The maximum Gasteiger partial charge on any atom is 0.343 e. The molecule has 1 aliphatic heterocycles. The number of ketones is 1. The van der Waals surface area contributed by atoms with E-state index in [0.717, 1.165) is 11.1 Å². The van der Waals surface area contributed by atoms with Gasteiger partial charge in [0.15, 0.2) is 5.76 Å². The number of carbonyl (C=O) groups excluding carboxylic acids is 2. The third-order valence-electron chi connectivity index (χ3n) is 4.55. The van der Waals surface area contributed by atoms with Gasteiger partial charge in [-0.2, -0.15) is 0 Å². The van der Waals surface area contributed by atoms with Crippen LogP contribution in [0.3, 0.4) is 0 Å². The van der Waals surface area contributed by atoms with Gasteiger partial charge in [0.1, 0.15) is 17.2 Å². The zero-order chi connectivity index (χ0) is 20.4. The van der Waals surface area contributed by atoms with Gasteiger partial charge in [-0.05, 0) is 55.0 Å². The lowest BCUT2D eigenvalue weighted by Gasteiger charge is -2.06. The van der Waals surface area contributed by atoms with Crippen LogP contribution in [-0.4, -0.2) is 18.9 Å². The van der Waals surface area contributed by atoms with E-state index in [1.165, 1.54) is 0 Å². The highest BCUT2D eigenvalue weighted by Crippen LogP contribution is 2.35. The Morgan fingerprint density at radius 1 is 0.931 bits per heavy atom. The third kappa shape index (κ3) is 3.89. The van der Waals surface area contributed by atoms with Crippen LogP contribution in [-0.2, 0) is 0 Å². The molecule has 0 saturated carbocycles. The van der Waals surface area contributed by atoms with E-state index in [-0.39, 0.29) is 11.5 Å². The van der Waals surface area contributed by atoms with Crippen molar-refractivity contribution in [3.05, 3.63) is 94.7 Å². The van der Waals surface area contributed by atoms with Crippen molar-refractivity contribution in [2.45, 2.75) is 6.92 Å². The second-order valence-corrected chi connectivity index (χ2v) is 6.63. The Balaban J connectivity index is 1.52. The lowest BCUT2D eigenvalue weighted by Crippen LogP contribution is -2.08. The summed E-state index contributed by atoms with van der Waals surface area (Å²) in [7, 11) is 1.56. The lowest BCUT2D eigenvalue weighted by atomic mass is 10.1. The summed E-state index contributed by atoms with van der Waals surface area (Å²) < 4.78 is 16.2. The highest BCUT2D eigenvalue weighted by molar-refractivity contribution is 6.14. The number of rotatable bonds is 4. The summed E-state index contributed by atoms with van der Waals surface area (Å²) in [5, 5.41) is 0. The van der Waals surface area contributed by atoms with Gasteiger partial charge in [0.2, 0.25) is 5.78 Å². The first-order valence-electron chi connectivity index (χ1n) is 9.05. The van der Waals surface area contributed by atoms with Gasteiger partial charge in [0.25, 0.3) is 0 Å². The first kappa shape index (κ1) is 18.5. The summed E-state index contributed by atoms with van der Waals surface area (Å²) in [6.07, 6.45) is 1.70. The summed E-state index contributed by atoms with van der Waals surface area (Å²) in [5.41, 5.74) is 2.84. The normalized spacial score (nSPS) is 13.7. The molecule has 0 radical (unpaired) electrons. The Hall–Kier alpha value is -3.86. The molecule has 1 aliphatic rings. The van der Waals surface area contributed by atoms with Gasteiger partial charge in [-0.3, -0.25) is 4.79 Å². The molecule has 29 heavy (non-hydrogen) atoms. The van der Waals surface area contributed by atoms with Gasteiger partial charge in [0.05, 0.1) is 18.2 Å². The monoisotopic (exact) mass is 386 g/mol. The van der Waals surface area contributed by atoms with Crippen molar-refractivity contribution in [1.29, 1.82) is 0 Å². The SMILES string of the molecule is COc1ccc(C(=O)Oc2ccc3c(c2)O/C(=C\c2ccc(C)cc2)C3=O)cc1. The van der Waals surface area contributed by atoms with Crippen LogP contribution in [0.4, 0.5) is 0 Å². The number of aryl methyl sites for hydroxylation is 1. The number of esters is 1. The van der Waals surface area contributed by atoms with E-state index in [1.54, 1.807) is 55.7 Å². The molecule has 3 aromatic rings. The maximum absolute atomic E-state index is 12.6. The van der Waals surface area contributed by atoms with Crippen LogP contribution in [0.25, 0.3) is 6.08 Å². The van der Waals surface area contributed by atoms with Crippen LogP contribution in [0.5, 0.6) is 17.2 Å². The number of carbonyl (C=O) groups is 2. The fourth-order valence-corrected chi connectivity index (χ4v) is 2.94. The van der Waals surface area contributed by atoms with E-state index in [1.807, 2.05) is 31.2 Å². The minimum Gasteiger partial charge on any atom is -0.497 e. The molecule has 144 valence electrons. The van der Waals surface area contributed by atoms with Crippen LogP contribution in [0.2, 0.25) is 0 Å². The Labute approximate surface area is 168 Å². The van der Waals surface area contributed by atoms with Crippen LogP contribution < -0.4 is 14.2 Å². The smallest absolute Gasteiger partial charge is 0.343 e. The number of allylic oxidation sites excluding steroid dienone is 1. The van der Waals surface area contributed by atoms with Gasteiger partial charge >= 0.3 is 5.97 Å². The molecule has 0 aromatic heterocycles. The fraction of sp³-hybridized carbons (Fsp3) is 0.0833. The minimum atomic E-state index is -0.507. The highest BCUT2D eigenvalue weighted by Gasteiger charge is 2.28. The second-order valence-electron chi connectivity index (χ2n) is 6.63. The van der Waals surface area contributed by atoms with Crippen LogP contribution in [0, 0.1) is 6.92 Å². The highest BCUT2D eigenvalue weighted by atomic mass is 16.5. The molecule has 0 unspecified atom stereocenters. The quantitative estimate of drug-likeness (QED) is 0.365. The molecule has 0 amide bonds. The van der Waals surface area contributed by atoms with Crippen molar-refractivity contribution in [3.8, 4) is 17.2 Å². The molecule has 3 aromatic carbocycles. The van der Waals surface area contributed by atoms with Gasteiger partial charge in [-0.15, -0.1) is 0 Å². The van der Waals surface area contributed by atoms with Crippen molar-refractivity contribution in [2.24, 2.45) is 0 Å². The predicted molar refractivity (Wildman–Crippen MR) is 109 cm³/mol. The molecular formula is C24H18O5. The summed E-state index contributed by atoms with van der Waals surface area (Å²) in [6, 6.07) is 19.1. The summed E-state index contributed by atoms with van der Waals surface area (Å²) in [4.78, 5) is 24.9. The topological polar surface area (TPSA) is 61.8 Å². The van der Waals surface area contributed by atoms with Crippen molar-refractivity contribution in [1.82, 2.24) is 0 Å². The number of fused-ring (bicyclic) bond motifs is 1. The fourth-order valence-electron chi connectivity index (χ4n) is 2.94. The van der Waals surface area contributed by atoms with Gasteiger partial charge in [0, 0.05) is 6.07 Å².